The van der Waals surface area contributed by atoms with E-state index < -0.39 is 11.7 Å². The number of hydrogen-bond donors (Lipinski definition) is 2. The van der Waals surface area contributed by atoms with Crippen molar-refractivity contribution in [2.24, 2.45) is 0 Å². The minimum Gasteiger partial charge on any atom is -0.490 e. The van der Waals surface area contributed by atoms with E-state index >= 15 is 0 Å². The van der Waals surface area contributed by atoms with E-state index in [1.807, 2.05) is 25.1 Å². The Bertz CT molecular complexity index is 612. The molecule has 6 nitrogen and oxygen atoms in total. The third-order valence-electron chi connectivity index (χ3n) is 4.97. The van der Waals surface area contributed by atoms with Gasteiger partial charge in [-0.1, -0.05) is 25.3 Å². The molecule has 1 atom stereocenters. The lowest BCUT2D eigenvalue weighted by molar-refractivity contribution is -0.135. The van der Waals surface area contributed by atoms with Crippen LogP contribution in [0.2, 0.25) is 0 Å². The van der Waals surface area contributed by atoms with Gasteiger partial charge in [0.1, 0.15) is 0 Å². The first kappa shape index (κ1) is 21.5. The molecule has 0 bridgehead atoms. The number of amides is 1. The fraction of sp³-hybridized carbons (Fsp3) is 0.667. The van der Waals surface area contributed by atoms with Crippen molar-refractivity contribution in [2.45, 2.75) is 64.2 Å². The van der Waals surface area contributed by atoms with Crippen LogP contribution in [0.1, 0.15) is 51.5 Å². The minimum atomic E-state index is -0.580. The SMILES string of the molecule is CCOc1cc(CNCC2(O)CCCCC2)ccc1OC(C)C(=O)N(C)C. The first-order chi connectivity index (χ1) is 12.8. The Hall–Kier alpha value is -1.79. The Morgan fingerprint density at radius 2 is 1.96 bits per heavy atom. The summed E-state index contributed by atoms with van der Waals surface area (Å²) in [6.07, 6.45) is 4.58. The third kappa shape index (κ3) is 6.40. The molecule has 152 valence electrons. The number of rotatable bonds is 9. The average Bonchev–Trinajstić information content (AvgIpc) is 2.63. The lowest BCUT2D eigenvalue weighted by Gasteiger charge is -2.32. The van der Waals surface area contributed by atoms with E-state index in [1.54, 1.807) is 21.0 Å². The summed E-state index contributed by atoms with van der Waals surface area (Å²) in [7, 11) is 3.42. The van der Waals surface area contributed by atoms with Crippen molar-refractivity contribution < 1.29 is 19.4 Å². The summed E-state index contributed by atoms with van der Waals surface area (Å²) in [5, 5.41) is 14.0. The zero-order chi connectivity index (χ0) is 19.9. The van der Waals surface area contributed by atoms with E-state index in [0.29, 0.717) is 31.2 Å². The summed E-state index contributed by atoms with van der Waals surface area (Å²) in [5.41, 5.74) is 0.475. The molecule has 1 saturated carbocycles. The predicted molar refractivity (Wildman–Crippen MR) is 106 cm³/mol. The van der Waals surface area contributed by atoms with Crippen molar-refractivity contribution in [1.82, 2.24) is 10.2 Å². The van der Waals surface area contributed by atoms with Gasteiger partial charge in [-0.2, -0.15) is 0 Å². The summed E-state index contributed by atoms with van der Waals surface area (Å²) >= 11 is 0. The van der Waals surface area contributed by atoms with E-state index in [9.17, 15) is 9.90 Å². The number of hydrogen-bond acceptors (Lipinski definition) is 5. The van der Waals surface area contributed by atoms with E-state index in [-0.39, 0.29) is 5.91 Å². The largest absolute Gasteiger partial charge is 0.490 e. The van der Waals surface area contributed by atoms with Crippen molar-refractivity contribution >= 4 is 5.91 Å². The zero-order valence-corrected chi connectivity index (χ0v) is 17.1. The highest BCUT2D eigenvalue weighted by molar-refractivity contribution is 5.80. The number of aliphatic hydroxyl groups is 1. The highest BCUT2D eigenvalue weighted by Gasteiger charge is 2.28. The number of benzene rings is 1. The molecule has 0 aromatic heterocycles. The van der Waals surface area contributed by atoms with Crippen LogP contribution in [0.3, 0.4) is 0 Å². The molecule has 1 aliphatic rings. The van der Waals surface area contributed by atoms with Crippen molar-refractivity contribution in [3.8, 4) is 11.5 Å². The fourth-order valence-corrected chi connectivity index (χ4v) is 3.46. The summed E-state index contributed by atoms with van der Waals surface area (Å²) in [5.74, 6) is 1.10. The van der Waals surface area contributed by atoms with E-state index in [1.165, 1.54) is 11.3 Å². The quantitative estimate of drug-likeness (QED) is 0.691. The molecule has 1 aromatic rings. The van der Waals surface area contributed by atoms with Gasteiger partial charge in [0.2, 0.25) is 0 Å². The number of carbonyl (C=O) groups excluding carboxylic acids is 1. The summed E-state index contributed by atoms with van der Waals surface area (Å²) in [6, 6.07) is 5.74. The second-order valence-corrected chi connectivity index (χ2v) is 7.60. The van der Waals surface area contributed by atoms with Gasteiger partial charge in [-0.25, -0.2) is 0 Å². The molecule has 2 N–H and O–H groups in total. The Morgan fingerprint density at radius 3 is 2.59 bits per heavy atom. The van der Waals surface area contributed by atoms with Crippen molar-refractivity contribution in [2.75, 3.05) is 27.2 Å². The summed E-state index contributed by atoms with van der Waals surface area (Å²) in [4.78, 5) is 13.5. The van der Waals surface area contributed by atoms with Crippen LogP contribution in [0.25, 0.3) is 0 Å². The molecule has 0 heterocycles. The van der Waals surface area contributed by atoms with Gasteiger partial charge >= 0.3 is 0 Å². The number of nitrogens with one attached hydrogen (secondary N) is 1. The van der Waals surface area contributed by atoms with E-state index in [4.69, 9.17) is 9.47 Å². The standard InChI is InChI=1S/C21H34N2O4/c1-5-26-19-13-17(14-22-15-21(25)11-7-6-8-12-21)9-10-18(19)27-16(2)20(24)23(3)4/h9-10,13,16,22,25H,5-8,11-12,14-15H2,1-4H3. The van der Waals surface area contributed by atoms with Crippen LogP contribution in [-0.4, -0.2) is 54.9 Å². The number of carbonyl (C=O) groups is 1. The van der Waals surface area contributed by atoms with Crippen LogP contribution >= 0.6 is 0 Å². The molecule has 6 heteroatoms. The number of likely N-dealkylation sites (N-methyl/N-ethyl adjacent to an activating group) is 1. The molecule has 0 saturated heterocycles. The smallest absolute Gasteiger partial charge is 0.262 e. The molecule has 2 rings (SSSR count). The molecule has 1 fully saturated rings. The molecule has 0 spiro atoms. The molecule has 27 heavy (non-hydrogen) atoms. The van der Waals surface area contributed by atoms with Crippen LogP contribution in [-0.2, 0) is 11.3 Å². The van der Waals surface area contributed by atoms with Crippen LogP contribution in [0.15, 0.2) is 18.2 Å². The molecule has 1 amide bonds. The van der Waals surface area contributed by atoms with Crippen LogP contribution in [0.4, 0.5) is 0 Å². The Balaban J connectivity index is 1.98. The summed E-state index contributed by atoms with van der Waals surface area (Å²) < 4.78 is 11.5. The normalized spacial score (nSPS) is 17.2. The van der Waals surface area contributed by atoms with Gasteiger partial charge in [0, 0.05) is 27.2 Å². The molecule has 1 aromatic carbocycles. The lowest BCUT2D eigenvalue weighted by Crippen LogP contribution is -2.41. The van der Waals surface area contributed by atoms with Crippen molar-refractivity contribution in [1.29, 1.82) is 0 Å². The average molecular weight is 379 g/mol. The van der Waals surface area contributed by atoms with Crippen LogP contribution in [0, 0.1) is 0 Å². The summed E-state index contributed by atoms with van der Waals surface area (Å²) in [6.45, 7) is 5.42. The van der Waals surface area contributed by atoms with Crippen molar-refractivity contribution in [3.05, 3.63) is 23.8 Å². The second-order valence-electron chi connectivity index (χ2n) is 7.60. The van der Waals surface area contributed by atoms with Crippen LogP contribution < -0.4 is 14.8 Å². The highest BCUT2D eigenvalue weighted by atomic mass is 16.5. The maximum atomic E-state index is 12.0. The third-order valence-corrected chi connectivity index (χ3v) is 4.97. The van der Waals surface area contributed by atoms with Gasteiger partial charge in [0.15, 0.2) is 17.6 Å². The van der Waals surface area contributed by atoms with E-state index in [0.717, 1.165) is 31.2 Å². The molecule has 0 aliphatic heterocycles. The van der Waals surface area contributed by atoms with Gasteiger partial charge in [-0.05, 0) is 44.4 Å². The maximum Gasteiger partial charge on any atom is 0.262 e. The molecular formula is C21H34N2O4. The van der Waals surface area contributed by atoms with E-state index in [2.05, 4.69) is 5.32 Å². The zero-order valence-electron chi connectivity index (χ0n) is 17.1. The maximum absolute atomic E-state index is 12.0. The van der Waals surface area contributed by atoms with Gasteiger partial charge in [0.25, 0.3) is 5.91 Å². The number of nitrogens with zero attached hydrogens (tertiary/aromatic N) is 1. The minimum absolute atomic E-state index is 0.0936. The molecule has 0 radical (unpaired) electrons. The van der Waals surface area contributed by atoms with Gasteiger partial charge in [0.05, 0.1) is 12.2 Å². The Kier molecular flexibility index (Phi) is 7.92. The van der Waals surface area contributed by atoms with Crippen LogP contribution in [0.5, 0.6) is 11.5 Å². The Morgan fingerprint density at radius 1 is 1.26 bits per heavy atom. The molecular weight excluding hydrogens is 344 g/mol. The fourth-order valence-electron chi connectivity index (χ4n) is 3.46. The van der Waals surface area contributed by atoms with Gasteiger partial charge in [-0.15, -0.1) is 0 Å². The topological polar surface area (TPSA) is 71.0 Å². The monoisotopic (exact) mass is 378 g/mol. The Labute approximate surface area is 162 Å². The predicted octanol–water partition coefficient (Wildman–Crippen LogP) is 2.73. The first-order valence-corrected chi connectivity index (χ1v) is 9.91. The van der Waals surface area contributed by atoms with Gasteiger partial charge < -0.3 is 24.8 Å². The first-order valence-electron chi connectivity index (χ1n) is 9.91. The van der Waals surface area contributed by atoms with Crippen molar-refractivity contribution in [3.63, 3.8) is 0 Å². The van der Waals surface area contributed by atoms with Gasteiger partial charge in [-0.3, -0.25) is 4.79 Å². The molecule has 1 unspecified atom stereocenters. The lowest BCUT2D eigenvalue weighted by atomic mass is 9.85. The number of ether oxygens (including phenoxy) is 2. The molecule has 1 aliphatic carbocycles. The highest BCUT2D eigenvalue weighted by Crippen LogP contribution is 2.30. The second kappa shape index (κ2) is 9.95.